The van der Waals surface area contributed by atoms with E-state index in [1.54, 1.807) is 18.8 Å². The predicted octanol–water partition coefficient (Wildman–Crippen LogP) is 2.65. The molecule has 0 unspecified atom stereocenters. The van der Waals surface area contributed by atoms with Gasteiger partial charge >= 0.3 is 0 Å². The van der Waals surface area contributed by atoms with Crippen molar-refractivity contribution in [2.45, 2.75) is 19.9 Å². The third kappa shape index (κ3) is 3.01. The third-order valence-corrected chi connectivity index (χ3v) is 5.52. The molecule has 0 saturated carbocycles. The molecule has 152 valence electrons. The van der Waals surface area contributed by atoms with Gasteiger partial charge in [-0.05, 0) is 25.1 Å². The van der Waals surface area contributed by atoms with Crippen LogP contribution in [0.3, 0.4) is 0 Å². The van der Waals surface area contributed by atoms with Gasteiger partial charge < -0.3 is 9.64 Å². The number of ether oxygens (including phenoxy) is 1. The summed E-state index contributed by atoms with van der Waals surface area (Å²) in [7, 11) is 3.43. The summed E-state index contributed by atoms with van der Waals surface area (Å²) >= 11 is 0. The molecule has 0 bridgehead atoms. The second-order valence-electron chi connectivity index (χ2n) is 7.53. The number of aryl methyl sites for hydroxylation is 2. The monoisotopic (exact) mass is 402 g/mol. The molecule has 3 aromatic heterocycles. The molecule has 30 heavy (non-hydrogen) atoms. The molecule has 1 aromatic carbocycles. The quantitative estimate of drug-likeness (QED) is 0.527. The number of methoxy groups -OCH3 is 1. The van der Waals surface area contributed by atoms with Crippen molar-refractivity contribution >= 4 is 11.6 Å². The average molecular weight is 402 g/mol. The largest absolute Gasteiger partial charge is 0.497 e. The molecular formula is C22H22N6O2. The fraction of sp³-hybridized carbons (Fsp3) is 0.273. The minimum absolute atomic E-state index is 0.0402. The van der Waals surface area contributed by atoms with Gasteiger partial charge in [-0.3, -0.25) is 9.48 Å². The Morgan fingerprint density at radius 3 is 2.87 bits per heavy atom. The zero-order valence-electron chi connectivity index (χ0n) is 17.2. The van der Waals surface area contributed by atoms with Crippen LogP contribution < -0.4 is 4.74 Å². The van der Waals surface area contributed by atoms with E-state index in [9.17, 15) is 4.79 Å². The molecule has 0 N–H and O–H groups in total. The summed E-state index contributed by atoms with van der Waals surface area (Å²) < 4.78 is 8.84. The highest BCUT2D eigenvalue weighted by atomic mass is 16.5. The first-order chi connectivity index (χ1) is 14.5. The highest BCUT2D eigenvalue weighted by molar-refractivity contribution is 5.94. The van der Waals surface area contributed by atoms with Crippen molar-refractivity contribution < 1.29 is 9.53 Å². The van der Waals surface area contributed by atoms with Gasteiger partial charge in [0.1, 0.15) is 11.4 Å². The maximum atomic E-state index is 13.3. The van der Waals surface area contributed by atoms with Crippen LogP contribution in [0, 0.1) is 6.92 Å². The number of aromatic nitrogens is 5. The minimum Gasteiger partial charge on any atom is -0.497 e. The SMILES string of the molecule is COc1cccc(-c2cc(C(=O)N3CCc4c(cnc5cc(C)nn45)C3)n(C)n2)c1. The van der Waals surface area contributed by atoms with E-state index in [1.807, 2.05) is 58.9 Å². The Bertz CT molecular complexity index is 1270. The summed E-state index contributed by atoms with van der Waals surface area (Å²) in [5, 5.41) is 9.09. The van der Waals surface area contributed by atoms with Crippen LogP contribution >= 0.6 is 0 Å². The van der Waals surface area contributed by atoms with E-state index in [1.165, 1.54) is 0 Å². The summed E-state index contributed by atoms with van der Waals surface area (Å²) in [4.78, 5) is 19.6. The van der Waals surface area contributed by atoms with E-state index in [-0.39, 0.29) is 5.91 Å². The van der Waals surface area contributed by atoms with Crippen LogP contribution in [0.2, 0.25) is 0 Å². The standard InChI is InChI=1S/C22H22N6O2/c1-14-9-21-23-12-16-13-27(8-7-19(16)28(21)24-14)22(29)20-11-18(25-26(20)2)15-5-4-6-17(10-15)30-3/h4-6,9-12H,7-8,13H2,1-3H3. The molecule has 0 radical (unpaired) electrons. The van der Waals surface area contributed by atoms with Gasteiger partial charge in [-0.15, -0.1) is 0 Å². The fourth-order valence-electron chi connectivity index (χ4n) is 3.98. The van der Waals surface area contributed by atoms with Crippen molar-refractivity contribution in [1.29, 1.82) is 0 Å². The first kappa shape index (κ1) is 18.4. The van der Waals surface area contributed by atoms with Crippen molar-refractivity contribution in [3.63, 3.8) is 0 Å². The van der Waals surface area contributed by atoms with Gasteiger partial charge in [-0.2, -0.15) is 10.2 Å². The topological polar surface area (TPSA) is 77.5 Å². The lowest BCUT2D eigenvalue weighted by Crippen LogP contribution is -2.37. The van der Waals surface area contributed by atoms with Crippen molar-refractivity contribution in [2.75, 3.05) is 13.7 Å². The predicted molar refractivity (Wildman–Crippen MR) is 111 cm³/mol. The Kier molecular flexibility index (Phi) is 4.27. The van der Waals surface area contributed by atoms with Gasteiger partial charge in [-0.25, -0.2) is 9.50 Å². The van der Waals surface area contributed by atoms with E-state index in [0.29, 0.717) is 18.8 Å². The molecule has 0 atom stereocenters. The van der Waals surface area contributed by atoms with Gasteiger partial charge in [0, 0.05) is 49.9 Å². The van der Waals surface area contributed by atoms with Crippen LogP contribution in [-0.2, 0) is 20.0 Å². The normalized spacial score (nSPS) is 13.5. The first-order valence-electron chi connectivity index (χ1n) is 9.84. The Morgan fingerprint density at radius 1 is 1.17 bits per heavy atom. The van der Waals surface area contributed by atoms with Crippen molar-refractivity contribution in [1.82, 2.24) is 29.3 Å². The molecule has 0 aliphatic carbocycles. The third-order valence-electron chi connectivity index (χ3n) is 5.52. The number of carbonyl (C=O) groups excluding carboxylic acids is 1. The summed E-state index contributed by atoms with van der Waals surface area (Å²) in [5.74, 6) is 0.716. The van der Waals surface area contributed by atoms with Gasteiger partial charge in [0.05, 0.1) is 24.2 Å². The maximum absolute atomic E-state index is 13.3. The molecule has 1 aliphatic heterocycles. The van der Waals surface area contributed by atoms with Crippen LogP contribution in [0.25, 0.3) is 16.9 Å². The van der Waals surface area contributed by atoms with Crippen LogP contribution in [0.5, 0.6) is 5.75 Å². The van der Waals surface area contributed by atoms with E-state index in [2.05, 4.69) is 15.2 Å². The Morgan fingerprint density at radius 2 is 2.03 bits per heavy atom. The lowest BCUT2D eigenvalue weighted by atomic mass is 10.1. The molecule has 1 aliphatic rings. The van der Waals surface area contributed by atoms with E-state index < -0.39 is 0 Å². The number of rotatable bonds is 3. The maximum Gasteiger partial charge on any atom is 0.272 e. The first-order valence-corrected chi connectivity index (χ1v) is 9.84. The molecule has 0 fully saturated rings. The van der Waals surface area contributed by atoms with E-state index in [0.717, 1.165) is 46.0 Å². The fourth-order valence-corrected chi connectivity index (χ4v) is 3.98. The summed E-state index contributed by atoms with van der Waals surface area (Å²) in [5.41, 5.74) is 6.15. The highest BCUT2D eigenvalue weighted by Gasteiger charge is 2.26. The second kappa shape index (κ2) is 6.98. The number of benzene rings is 1. The van der Waals surface area contributed by atoms with E-state index in [4.69, 9.17) is 4.74 Å². The molecule has 0 spiro atoms. The zero-order chi connectivity index (χ0) is 20.8. The molecular weight excluding hydrogens is 380 g/mol. The lowest BCUT2D eigenvalue weighted by Gasteiger charge is -2.28. The van der Waals surface area contributed by atoms with Crippen LogP contribution in [0.1, 0.15) is 27.4 Å². The van der Waals surface area contributed by atoms with Gasteiger partial charge in [0.2, 0.25) is 0 Å². The molecule has 5 rings (SSSR count). The van der Waals surface area contributed by atoms with Crippen LogP contribution in [-0.4, -0.2) is 48.8 Å². The molecule has 1 amide bonds. The van der Waals surface area contributed by atoms with E-state index >= 15 is 0 Å². The highest BCUT2D eigenvalue weighted by Crippen LogP contribution is 2.25. The lowest BCUT2D eigenvalue weighted by molar-refractivity contribution is 0.0721. The average Bonchev–Trinajstić information content (AvgIpc) is 3.34. The van der Waals surface area contributed by atoms with Crippen molar-refractivity contribution in [3.05, 3.63) is 65.2 Å². The number of carbonyl (C=O) groups is 1. The van der Waals surface area contributed by atoms with Gasteiger partial charge in [0.15, 0.2) is 5.65 Å². The van der Waals surface area contributed by atoms with Crippen molar-refractivity contribution in [2.24, 2.45) is 7.05 Å². The van der Waals surface area contributed by atoms with Crippen LogP contribution in [0.15, 0.2) is 42.6 Å². The molecule has 4 aromatic rings. The Labute approximate surface area is 173 Å². The number of hydrogen-bond acceptors (Lipinski definition) is 5. The number of nitrogens with zero attached hydrogens (tertiary/aromatic N) is 6. The molecule has 8 heteroatoms. The molecule has 8 nitrogen and oxygen atoms in total. The number of fused-ring (bicyclic) bond motifs is 3. The minimum atomic E-state index is -0.0402. The smallest absolute Gasteiger partial charge is 0.272 e. The number of amides is 1. The second-order valence-corrected chi connectivity index (χ2v) is 7.53. The summed E-state index contributed by atoms with van der Waals surface area (Å²) in [6.45, 7) is 3.10. The summed E-state index contributed by atoms with van der Waals surface area (Å²) in [6.07, 6.45) is 2.60. The summed E-state index contributed by atoms with van der Waals surface area (Å²) in [6, 6.07) is 11.5. The van der Waals surface area contributed by atoms with Gasteiger partial charge in [0.25, 0.3) is 5.91 Å². The van der Waals surface area contributed by atoms with Crippen LogP contribution in [0.4, 0.5) is 0 Å². The van der Waals surface area contributed by atoms with Crippen molar-refractivity contribution in [3.8, 4) is 17.0 Å². The number of hydrogen-bond donors (Lipinski definition) is 0. The molecule has 0 saturated heterocycles. The van der Waals surface area contributed by atoms with Gasteiger partial charge in [-0.1, -0.05) is 12.1 Å². The Hall–Kier alpha value is -3.68. The zero-order valence-corrected chi connectivity index (χ0v) is 17.2. The molecule has 4 heterocycles. The Balaban J connectivity index is 1.43.